The first kappa shape index (κ1) is 19.1. The molecule has 2 aromatic carbocycles. The van der Waals surface area contributed by atoms with E-state index in [9.17, 15) is 9.59 Å². The molecular weight excluding hydrogens is 390 g/mol. The zero-order chi connectivity index (χ0) is 20.2. The number of para-hydroxylation sites is 3. The van der Waals surface area contributed by atoms with Crippen LogP contribution in [0.3, 0.4) is 0 Å². The molecule has 0 bridgehead atoms. The van der Waals surface area contributed by atoms with Crippen molar-refractivity contribution in [2.24, 2.45) is 0 Å². The van der Waals surface area contributed by atoms with Crippen molar-refractivity contribution < 1.29 is 13.9 Å². The number of rotatable bonds is 7. The average Bonchev–Trinajstić information content (AvgIpc) is 3.32. The van der Waals surface area contributed by atoms with Gasteiger partial charge < -0.3 is 9.15 Å². The third-order valence-corrected chi connectivity index (χ3v) is 5.12. The van der Waals surface area contributed by atoms with Gasteiger partial charge in [0.15, 0.2) is 16.4 Å². The Balaban J connectivity index is 1.44. The molecule has 8 heteroatoms. The number of ether oxygens (including phenoxy) is 1. The van der Waals surface area contributed by atoms with Crippen LogP contribution in [0.1, 0.15) is 16.9 Å². The van der Waals surface area contributed by atoms with Gasteiger partial charge in [0, 0.05) is 12.2 Å². The summed E-state index contributed by atoms with van der Waals surface area (Å²) >= 11 is 1.45. The van der Waals surface area contributed by atoms with E-state index in [4.69, 9.17) is 9.15 Å². The third kappa shape index (κ3) is 3.84. The van der Waals surface area contributed by atoms with E-state index in [1.807, 2.05) is 54.8 Å². The molecule has 0 aliphatic rings. The second-order valence-electron chi connectivity index (χ2n) is 6.28. The Kier molecular flexibility index (Phi) is 5.53. The molecule has 4 rings (SSSR count). The van der Waals surface area contributed by atoms with Crippen LogP contribution in [0.15, 0.2) is 75.2 Å². The number of oxazole rings is 1. The molecule has 7 nitrogen and oxygen atoms in total. The van der Waals surface area contributed by atoms with Crippen LogP contribution in [0.5, 0.6) is 0 Å². The van der Waals surface area contributed by atoms with E-state index >= 15 is 0 Å². The molecule has 0 atom stereocenters. The highest BCUT2D eigenvalue weighted by molar-refractivity contribution is 7.98. The topological polar surface area (TPSA) is 79.3 Å². The number of aromatic nitrogens is 3. The average molecular weight is 409 g/mol. The fourth-order valence-corrected chi connectivity index (χ4v) is 3.68. The first-order chi connectivity index (χ1) is 14.2. The highest BCUT2D eigenvalue weighted by Crippen LogP contribution is 2.22. The van der Waals surface area contributed by atoms with Gasteiger partial charge in [-0.15, -0.1) is 0 Å². The molecular formula is C21H19N3O4S. The maximum absolute atomic E-state index is 12.6. The minimum atomic E-state index is -0.453. The van der Waals surface area contributed by atoms with Gasteiger partial charge in [-0.1, -0.05) is 42.1 Å². The van der Waals surface area contributed by atoms with E-state index in [-0.39, 0.29) is 6.61 Å². The van der Waals surface area contributed by atoms with Crippen molar-refractivity contribution in [3.63, 3.8) is 0 Å². The molecule has 0 N–H and O–H groups in total. The van der Waals surface area contributed by atoms with Crippen LogP contribution >= 0.6 is 11.8 Å². The van der Waals surface area contributed by atoms with E-state index in [0.717, 1.165) is 11.2 Å². The van der Waals surface area contributed by atoms with Crippen LogP contribution in [0, 0.1) is 0 Å². The van der Waals surface area contributed by atoms with E-state index < -0.39 is 11.7 Å². The highest BCUT2D eigenvalue weighted by atomic mass is 32.2. The van der Waals surface area contributed by atoms with Crippen molar-refractivity contribution in [3.05, 3.63) is 77.0 Å². The van der Waals surface area contributed by atoms with E-state index in [2.05, 4.69) is 4.98 Å². The zero-order valence-electron chi connectivity index (χ0n) is 15.8. The number of fused-ring (bicyclic) bond motifs is 1. The van der Waals surface area contributed by atoms with Crippen molar-refractivity contribution in [1.82, 2.24) is 14.1 Å². The summed E-state index contributed by atoms with van der Waals surface area (Å²) < 4.78 is 14.0. The van der Waals surface area contributed by atoms with Crippen LogP contribution in [0.2, 0.25) is 0 Å². The number of aryl methyl sites for hydroxylation is 1. The predicted molar refractivity (Wildman–Crippen MR) is 111 cm³/mol. The summed E-state index contributed by atoms with van der Waals surface area (Å²) in [5.41, 5.74) is 2.49. The molecule has 0 saturated carbocycles. The lowest BCUT2D eigenvalue weighted by Crippen LogP contribution is -2.17. The Morgan fingerprint density at radius 2 is 1.90 bits per heavy atom. The van der Waals surface area contributed by atoms with E-state index in [1.54, 1.807) is 15.2 Å². The van der Waals surface area contributed by atoms with Gasteiger partial charge in [0.1, 0.15) is 0 Å². The van der Waals surface area contributed by atoms with Crippen molar-refractivity contribution in [1.29, 1.82) is 0 Å². The normalized spacial score (nSPS) is 11.1. The predicted octanol–water partition coefficient (Wildman–Crippen LogP) is 3.75. The van der Waals surface area contributed by atoms with E-state index in [0.29, 0.717) is 29.4 Å². The summed E-state index contributed by atoms with van der Waals surface area (Å²) in [6.07, 6.45) is 3.92. The SMILES string of the molecule is CSc1ncc(C(=O)OCCCn2c(=O)oc3ccccc32)n1-c1ccccc1. The van der Waals surface area contributed by atoms with Crippen LogP contribution in [0.4, 0.5) is 0 Å². The number of esters is 1. The molecule has 0 aliphatic heterocycles. The quantitative estimate of drug-likeness (QED) is 0.263. The van der Waals surface area contributed by atoms with E-state index in [1.165, 1.54) is 18.0 Å². The van der Waals surface area contributed by atoms with Crippen molar-refractivity contribution >= 4 is 28.8 Å². The number of benzene rings is 2. The lowest BCUT2D eigenvalue weighted by atomic mass is 10.3. The fraction of sp³-hybridized carbons (Fsp3) is 0.190. The lowest BCUT2D eigenvalue weighted by Gasteiger charge is -2.10. The maximum Gasteiger partial charge on any atom is 0.419 e. The molecule has 2 heterocycles. The molecule has 148 valence electrons. The van der Waals surface area contributed by atoms with Crippen molar-refractivity contribution in [2.45, 2.75) is 18.1 Å². The Labute approximate surface area is 170 Å². The van der Waals surface area contributed by atoms with Gasteiger partial charge in [0.2, 0.25) is 0 Å². The van der Waals surface area contributed by atoms with Gasteiger partial charge in [0.25, 0.3) is 0 Å². The number of nitrogens with zero attached hydrogens (tertiary/aromatic N) is 3. The van der Waals surface area contributed by atoms with Crippen molar-refractivity contribution in [2.75, 3.05) is 12.9 Å². The molecule has 0 amide bonds. The number of carbonyl (C=O) groups excluding carboxylic acids is 1. The zero-order valence-corrected chi connectivity index (χ0v) is 16.6. The summed E-state index contributed by atoms with van der Waals surface area (Å²) in [5.74, 6) is -0.865. The summed E-state index contributed by atoms with van der Waals surface area (Å²) in [6.45, 7) is 0.580. The largest absolute Gasteiger partial charge is 0.461 e. The molecule has 29 heavy (non-hydrogen) atoms. The smallest absolute Gasteiger partial charge is 0.419 e. The number of thioether (sulfide) groups is 1. The summed E-state index contributed by atoms with van der Waals surface area (Å²) in [5, 5.41) is 0.708. The van der Waals surface area contributed by atoms with Crippen molar-refractivity contribution in [3.8, 4) is 5.69 Å². The number of hydrogen-bond acceptors (Lipinski definition) is 6. The minimum absolute atomic E-state index is 0.180. The Bertz CT molecular complexity index is 1190. The first-order valence-corrected chi connectivity index (χ1v) is 10.3. The number of hydrogen-bond donors (Lipinski definition) is 0. The third-order valence-electron chi connectivity index (χ3n) is 4.47. The van der Waals surface area contributed by atoms with Crippen LogP contribution in [0.25, 0.3) is 16.8 Å². The Hall–Kier alpha value is -3.26. The molecule has 0 saturated heterocycles. The molecule has 0 spiro atoms. The van der Waals surface area contributed by atoms with Gasteiger partial charge in [-0.2, -0.15) is 0 Å². The monoisotopic (exact) mass is 409 g/mol. The maximum atomic E-state index is 12.6. The Morgan fingerprint density at radius 3 is 2.69 bits per heavy atom. The molecule has 0 unspecified atom stereocenters. The highest BCUT2D eigenvalue weighted by Gasteiger charge is 2.19. The van der Waals surface area contributed by atoms with Crippen LogP contribution in [-0.2, 0) is 11.3 Å². The second kappa shape index (κ2) is 8.40. The van der Waals surface area contributed by atoms with Gasteiger partial charge in [-0.25, -0.2) is 14.6 Å². The standard InChI is InChI=1S/C21H19N3O4S/c1-29-20-22-14-17(24(20)15-8-3-2-4-9-15)19(25)27-13-7-12-23-16-10-5-6-11-18(16)28-21(23)26/h2-6,8-11,14H,7,12-13H2,1H3. The van der Waals surface area contributed by atoms with Crippen LogP contribution < -0.4 is 5.76 Å². The fourth-order valence-electron chi connectivity index (χ4n) is 3.14. The molecule has 0 radical (unpaired) electrons. The van der Waals surface area contributed by atoms with Gasteiger partial charge >= 0.3 is 11.7 Å². The van der Waals surface area contributed by atoms with Gasteiger partial charge in [0.05, 0.1) is 18.3 Å². The molecule has 4 aromatic rings. The molecule has 0 fully saturated rings. The summed E-state index contributed by atoms with van der Waals surface area (Å²) in [4.78, 5) is 28.9. The molecule has 0 aliphatic carbocycles. The lowest BCUT2D eigenvalue weighted by molar-refractivity contribution is 0.0485. The minimum Gasteiger partial charge on any atom is -0.461 e. The summed E-state index contributed by atoms with van der Waals surface area (Å²) in [6, 6.07) is 16.8. The first-order valence-electron chi connectivity index (χ1n) is 9.11. The number of carbonyl (C=O) groups is 1. The van der Waals surface area contributed by atoms with Gasteiger partial charge in [-0.05, 0) is 36.9 Å². The van der Waals surface area contributed by atoms with Crippen LogP contribution in [-0.4, -0.2) is 33.0 Å². The number of imidazole rings is 1. The summed E-state index contributed by atoms with van der Waals surface area (Å²) in [7, 11) is 0. The molecule has 2 aromatic heterocycles. The second-order valence-corrected chi connectivity index (χ2v) is 7.05. The Morgan fingerprint density at radius 1 is 1.14 bits per heavy atom. The van der Waals surface area contributed by atoms with Gasteiger partial charge in [-0.3, -0.25) is 9.13 Å².